The van der Waals surface area contributed by atoms with E-state index in [1.165, 1.54) is 32.3 Å². The van der Waals surface area contributed by atoms with E-state index in [0.29, 0.717) is 6.61 Å². The monoisotopic (exact) mass is 366 g/mol. The molecule has 1 saturated heterocycles. The SMILES string of the molecule is CCOC(=O)N1CC[NH+](Cc2ccc3c(c2)c2ccccc2n3CC)CC1. The highest BCUT2D eigenvalue weighted by Gasteiger charge is 2.24. The first kappa shape index (κ1) is 17.9. The summed E-state index contributed by atoms with van der Waals surface area (Å²) < 4.78 is 7.50. The number of hydrogen-bond acceptors (Lipinski definition) is 2. The Balaban J connectivity index is 1.52. The molecule has 1 N–H and O–H groups in total. The average molecular weight is 366 g/mol. The lowest BCUT2D eigenvalue weighted by molar-refractivity contribution is -0.917. The van der Waals surface area contributed by atoms with Crippen molar-refractivity contribution in [2.45, 2.75) is 26.9 Å². The first-order valence-corrected chi connectivity index (χ1v) is 9.96. The molecule has 1 aliphatic heterocycles. The number of ether oxygens (including phenoxy) is 1. The number of carbonyl (C=O) groups excluding carboxylic acids is 1. The third-order valence-electron chi connectivity index (χ3n) is 5.60. The molecule has 1 aromatic heterocycles. The van der Waals surface area contributed by atoms with Crippen molar-refractivity contribution < 1.29 is 14.4 Å². The van der Waals surface area contributed by atoms with Crippen LogP contribution < -0.4 is 4.90 Å². The van der Waals surface area contributed by atoms with E-state index in [0.717, 1.165) is 39.3 Å². The van der Waals surface area contributed by atoms with Crippen LogP contribution in [0.25, 0.3) is 21.8 Å². The van der Waals surface area contributed by atoms with Crippen LogP contribution in [0.15, 0.2) is 42.5 Å². The Kier molecular flexibility index (Phi) is 5.03. The first-order valence-electron chi connectivity index (χ1n) is 9.96. The van der Waals surface area contributed by atoms with Gasteiger partial charge >= 0.3 is 6.09 Å². The predicted molar refractivity (Wildman–Crippen MR) is 108 cm³/mol. The Morgan fingerprint density at radius 3 is 2.52 bits per heavy atom. The number of rotatable bonds is 4. The fourth-order valence-corrected chi connectivity index (χ4v) is 4.24. The van der Waals surface area contributed by atoms with Crippen molar-refractivity contribution in [2.75, 3.05) is 32.8 Å². The van der Waals surface area contributed by atoms with Crippen LogP contribution >= 0.6 is 0 Å². The molecule has 1 aliphatic rings. The fraction of sp³-hybridized carbons (Fsp3) is 0.409. The van der Waals surface area contributed by atoms with Gasteiger partial charge in [0.05, 0.1) is 32.8 Å². The summed E-state index contributed by atoms with van der Waals surface area (Å²) in [5.74, 6) is 0. The molecule has 0 aliphatic carbocycles. The second-order valence-electron chi connectivity index (χ2n) is 7.23. The number of hydrogen-bond donors (Lipinski definition) is 1. The highest BCUT2D eigenvalue weighted by molar-refractivity contribution is 6.08. The molecule has 0 radical (unpaired) electrons. The molecule has 0 atom stereocenters. The van der Waals surface area contributed by atoms with Gasteiger partial charge in [-0.05, 0) is 32.0 Å². The maximum absolute atomic E-state index is 11.9. The van der Waals surface area contributed by atoms with Gasteiger partial charge in [-0.3, -0.25) is 4.90 Å². The van der Waals surface area contributed by atoms with Gasteiger partial charge in [0.1, 0.15) is 6.54 Å². The number of piperazine rings is 1. The van der Waals surface area contributed by atoms with E-state index in [-0.39, 0.29) is 6.09 Å². The molecule has 4 rings (SSSR count). The number of benzene rings is 2. The van der Waals surface area contributed by atoms with Gasteiger partial charge in [0.25, 0.3) is 0 Å². The molecule has 1 fully saturated rings. The van der Waals surface area contributed by atoms with Crippen molar-refractivity contribution in [1.29, 1.82) is 0 Å². The lowest BCUT2D eigenvalue weighted by Gasteiger charge is -2.31. The van der Waals surface area contributed by atoms with Crippen molar-refractivity contribution in [3.8, 4) is 0 Å². The molecular formula is C22H28N3O2+. The molecule has 5 heteroatoms. The quantitative estimate of drug-likeness (QED) is 0.771. The smallest absolute Gasteiger partial charge is 0.410 e. The third kappa shape index (κ3) is 3.39. The summed E-state index contributed by atoms with van der Waals surface area (Å²) in [5, 5.41) is 2.67. The van der Waals surface area contributed by atoms with E-state index < -0.39 is 0 Å². The summed E-state index contributed by atoms with van der Waals surface area (Å²) in [6.45, 7) is 9.94. The van der Waals surface area contributed by atoms with Gasteiger partial charge in [-0.15, -0.1) is 0 Å². The molecular weight excluding hydrogens is 338 g/mol. The van der Waals surface area contributed by atoms with Crippen LogP contribution in [0.2, 0.25) is 0 Å². The second kappa shape index (κ2) is 7.61. The zero-order chi connectivity index (χ0) is 18.8. The lowest BCUT2D eigenvalue weighted by atomic mass is 10.1. The molecule has 5 nitrogen and oxygen atoms in total. The van der Waals surface area contributed by atoms with Gasteiger partial charge in [0, 0.05) is 33.9 Å². The maximum Gasteiger partial charge on any atom is 0.410 e. The van der Waals surface area contributed by atoms with Crippen molar-refractivity contribution in [2.24, 2.45) is 0 Å². The van der Waals surface area contributed by atoms with Crippen LogP contribution in [0.5, 0.6) is 0 Å². The number of nitrogens with one attached hydrogen (secondary N) is 1. The van der Waals surface area contributed by atoms with E-state index in [1.54, 1.807) is 0 Å². The Morgan fingerprint density at radius 1 is 1.04 bits per heavy atom. The van der Waals surface area contributed by atoms with Gasteiger partial charge in [-0.25, -0.2) is 4.79 Å². The molecule has 3 aromatic rings. The topological polar surface area (TPSA) is 38.9 Å². The molecule has 142 valence electrons. The van der Waals surface area contributed by atoms with Crippen LogP contribution in [0, 0.1) is 0 Å². The fourth-order valence-electron chi connectivity index (χ4n) is 4.24. The van der Waals surface area contributed by atoms with E-state index in [2.05, 4.69) is 54.0 Å². The zero-order valence-corrected chi connectivity index (χ0v) is 16.2. The molecule has 0 bridgehead atoms. The lowest BCUT2D eigenvalue weighted by Crippen LogP contribution is -3.13. The molecule has 0 saturated carbocycles. The van der Waals surface area contributed by atoms with Crippen LogP contribution in [0.1, 0.15) is 19.4 Å². The van der Waals surface area contributed by atoms with Crippen LogP contribution in [-0.4, -0.2) is 48.3 Å². The van der Waals surface area contributed by atoms with Crippen molar-refractivity contribution in [1.82, 2.24) is 9.47 Å². The van der Waals surface area contributed by atoms with E-state index >= 15 is 0 Å². The van der Waals surface area contributed by atoms with E-state index in [1.807, 2.05) is 11.8 Å². The van der Waals surface area contributed by atoms with Gasteiger partial charge < -0.3 is 14.2 Å². The molecule has 1 amide bonds. The molecule has 2 heterocycles. The van der Waals surface area contributed by atoms with Crippen molar-refractivity contribution in [3.63, 3.8) is 0 Å². The van der Waals surface area contributed by atoms with Gasteiger partial charge in [-0.1, -0.05) is 24.3 Å². The number of fused-ring (bicyclic) bond motifs is 3. The van der Waals surface area contributed by atoms with Gasteiger partial charge in [-0.2, -0.15) is 0 Å². The number of aryl methyl sites for hydroxylation is 1. The Morgan fingerprint density at radius 2 is 1.78 bits per heavy atom. The van der Waals surface area contributed by atoms with Crippen LogP contribution in [0.3, 0.4) is 0 Å². The minimum atomic E-state index is -0.176. The third-order valence-corrected chi connectivity index (χ3v) is 5.60. The number of aromatic nitrogens is 1. The molecule has 27 heavy (non-hydrogen) atoms. The second-order valence-corrected chi connectivity index (χ2v) is 7.23. The minimum Gasteiger partial charge on any atom is -0.450 e. The summed E-state index contributed by atoms with van der Waals surface area (Å²) in [5.41, 5.74) is 3.98. The Bertz CT molecular complexity index is 955. The predicted octanol–water partition coefficient (Wildman–Crippen LogP) is 2.67. The summed E-state index contributed by atoms with van der Waals surface area (Å²) in [6.07, 6.45) is -0.176. The van der Waals surface area contributed by atoms with Gasteiger partial charge in [0.15, 0.2) is 0 Å². The zero-order valence-electron chi connectivity index (χ0n) is 16.2. The Hall–Kier alpha value is -2.53. The maximum atomic E-state index is 11.9. The summed E-state index contributed by atoms with van der Waals surface area (Å²) in [4.78, 5) is 15.2. The number of nitrogens with zero attached hydrogens (tertiary/aromatic N) is 2. The number of quaternary nitrogens is 1. The highest BCUT2D eigenvalue weighted by Crippen LogP contribution is 2.29. The molecule has 0 spiro atoms. The van der Waals surface area contributed by atoms with E-state index in [9.17, 15) is 4.79 Å². The van der Waals surface area contributed by atoms with Crippen molar-refractivity contribution >= 4 is 27.9 Å². The Labute approximate surface area is 160 Å². The normalized spacial score (nSPS) is 15.6. The average Bonchev–Trinajstić information content (AvgIpc) is 3.02. The summed E-state index contributed by atoms with van der Waals surface area (Å²) in [6, 6.07) is 15.5. The standard InChI is InChI=1S/C22H27N3O2/c1-3-25-20-8-6-5-7-18(20)19-15-17(9-10-21(19)25)16-23-11-13-24(14-12-23)22(26)27-4-2/h5-10,15H,3-4,11-14,16H2,1-2H3/p+1. The first-order chi connectivity index (χ1) is 13.2. The van der Waals surface area contributed by atoms with Gasteiger partial charge in [0.2, 0.25) is 0 Å². The number of carbonyl (C=O) groups is 1. The van der Waals surface area contributed by atoms with Crippen LogP contribution in [-0.2, 0) is 17.8 Å². The largest absolute Gasteiger partial charge is 0.450 e. The van der Waals surface area contributed by atoms with E-state index in [4.69, 9.17) is 4.74 Å². The molecule has 2 aromatic carbocycles. The highest BCUT2D eigenvalue weighted by atomic mass is 16.6. The minimum absolute atomic E-state index is 0.176. The summed E-state index contributed by atoms with van der Waals surface area (Å²) >= 11 is 0. The number of para-hydroxylation sites is 1. The van der Waals surface area contributed by atoms with Crippen molar-refractivity contribution in [3.05, 3.63) is 48.0 Å². The number of amides is 1. The van der Waals surface area contributed by atoms with Crippen LogP contribution in [0.4, 0.5) is 4.79 Å². The molecule has 0 unspecified atom stereocenters. The summed E-state index contributed by atoms with van der Waals surface area (Å²) in [7, 11) is 0.